The first-order chi connectivity index (χ1) is 8.56. The van der Waals surface area contributed by atoms with Gasteiger partial charge in [-0.15, -0.1) is 0 Å². The molecule has 0 fully saturated rings. The molecule has 0 aliphatic carbocycles. The fourth-order valence-electron chi connectivity index (χ4n) is 1.69. The molecule has 18 heavy (non-hydrogen) atoms. The highest BCUT2D eigenvalue weighted by Crippen LogP contribution is 2.22. The lowest BCUT2D eigenvalue weighted by Gasteiger charge is -2.06. The van der Waals surface area contributed by atoms with E-state index >= 15 is 0 Å². The second-order valence-electron chi connectivity index (χ2n) is 4.16. The number of aryl methyl sites for hydroxylation is 1. The van der Waals surface area contributed by atoms with Crippen molar-refractivity contribution in [2.75, 3.05) is 5.73 Å². The minimum Gasteiger partial charge on any atom is -0.399 e. The van der Waals surface area contributed by atoms with E-state index in [0.717, 1.165) is 16.0 Å². The molecule has 0 bridgehead atoms. The molecule has 0 heterocycles. The van der Waals surface area contributed by atoms with Crippen molar-refractivity contribution < 1.29 is 4.21 Å². The largest absolute Gasteiger partial charge is 0.399 e. The van der Waals surface area contributed by atoms with Gasteiger partial charge in [0.1, 0.15) is 0 Å². The topological polar surface area (TPSA) is 43.1 Å². The van der Waals surface area contributed by atoms with Gasteiger partial charge in [-0.25, -0.2) is 0 Å². The number of hydrogen-bond donors (Lipinski definition) is 1. The van der Waals surface area contributed by atoms with Crippen molar-refractivity contribution in [1.29, 1.82) is 0 Å². The van der Waals surface area contributed by atoms with Gasteiger partial charge in [0.2, 0.25) is 0 Å². The zero-order chi connectivity index (χ0) is 13.1. The first-order valence-corrected chi connectivity index (χ1v) is 7.25. The summed E-state index contributed by atoms with van der Waals surface area (Å²) in [6.07, 6.45) is 0. The van der Waals surface area contributed by atoms with Crippen molar-refractivity contribution in [3.8, 4) is 0 Å². The molecule has 0 spiro atoms. The SMILES string of the molecule is Cc1cccc(S(=O)Cc2cc(N)ccc2Cl)c1. The zero-order valence-electron chi connectivity index (χ0n) is 10.0. The van der Waals surface area contributed by atoms with Crippen LogP contribution in [-0.4, -0.2) is 4.21 Å². The monoisotopic (exact) mass is 279 g/mol. The van der Waals surface area contributed by atoms with Crippen LogP contribution in [0.25, 0.3) is 0 Å². The number of halogens is 1. The summed E-state index contributed by atoms with van der Waals surface area (Å²) in [6, 6.07) is 12.9. The first kappa shape index (κ1) is 13.1. The third-order valence-electron chi connectivity index (χ3n) is 2.61. The summed E-state index contributed by atoms with van der Waals surface area (Å²) in [5.74, 6) is 0.382. The highest BCUT2D eigenvalue weighted by molar-refractivity contribution is 7.84. The molecule has 0 aliphatic heterocycles. The Bertz CT molecular complexity index is 598. The summed E-state index contributed by atoms with van der Waals surface area (Å²) in [7, 11) is -1.10. The summed E-state index contributed by atoms with van der Waals surface area (Å²) in [6.45, 7) is 1.98. The number of nitrogens with two attached hydrogens (primary N) is 1. The van der Waals surface area contributed by atoms with E-state index in [-0.39, 0.29) is 0 Å². The van der Waals surface area contributed by atoms with Gasteiger partial charge in [0.05, 0.1) is 16.6 Å². The van der Waals surface area contributed by atoms with E-state index in [2.05, 4.69) is 0 Å². The van der Waals surface area contributed by atoms with E-state index in [4.69, 9.17) is 17.3 Å². The second kappa shape index (κ2) is 5.55. The number of anilines is 1. The maximum absolute atomic E-state index is 12.2. The number of nitrogen functional groups attached to an aromatic ring is 1. The molecule has 2 aromatic rings. The predicted octanol–water partition coefficient (Wildman–Crippen LogP) is 3.54. The van der Waals surface area contributed by atoms with Gasteiger partial charge in [0.15, 0.2) is 0 Å². The minimum absolute atomic E-state index is 0.382. The van der Waals surface area contributed by atoms with Gasteiger partial charge in [0, 0.05) is 15.6 Å². The van der Waals surface area contributed by atoms with Crippen LogP contribution in [0.1, 0.15) is 11.1 Å². The Morgan fingerprint density at radius 3 is 2.72 bits per heavy atom. The number of hydrogen-bond acceptors (Lipinski definition) is 2. The van der Waals surface area contributed by atoms with E-state index in [0.29, 0.717) is 16.5 Å². The Morgan fingerprint density at radius 2 is 2.00 bits per heavy atom. The molecule has 0 saturated carbocycles. The van der Waals surface area contributed by atoms with E-state index < -0.39 is 10.8 Å². The highest BCUT2D eigenvalue weighted by Gasteiger charge is 2.08. The molecule has 2 rings (SSSR count). The lowest BCUT2D eigenvalue weighted by atomic mass is 10.2. The molecule has 1 atom stereocenters. The molecule has 0 aromatic heterocycles. The van der Waals surface area contributed by atoms with E-state index in [1.54, 1.807) is 18.2 Å². The van der Waals surface area contributed by atoms with Crippen LogP contribution in [0.2, 0.25) is 5.02 Å². The molecule has 0 aliphatic rings. The molecule has 0 radical (unpaired) electrons. The van der Waals surface area contributed by atoms with Crippen LogP contribution in [0.4, 0.5) is 5.69 Å². The van der Waals surface area contributed by atoms with Gasteiger partial charge in [-0.3, -0.25) is 4.21 Å². The Morgan fingerprint density at radius 1 is 1.22 bits per heavy atom. The maximum atomic E-state index is 12.2. The van der Waals surface area contributed by atoms with Gasteiger partial charge < -0.3 is 5.73 Å². The van der Waals surface area contributed by atoms with Crippen LogP contribution in [-0.2, 0) is 16.6 Å². The molecule has 94 valence electrons. The fourth-order valence-corrected chi connectivity index (χ4v) is 3.19. The van der Waals surface area contributed by atoms with Crippen LogP contribution < -0.4 is 5.73 Å². The lowest BCUT2D eigenvalue weighted by Crippen LogP contribution is -1.98. The standard InChI is InChI=1S/C14H14ClNOS/c1-10-3-2-4-13(7-10)18(17)9-11-8-12(16)5-6-14(11)15/h2-8H,9,16H2,1H3. The van der Waals surface area contributed by atoms with Crippen LogP contribution in [0.3, 0.4) is 0 Å². The summed E-state index contributed by atoms with van der Waals surface area (Å²) in [5.41, 5.74) is 8.26. The van der Waals surface area contributed by atoms with Gasteiger partial charge in [-0.2, -0.15) is 0 Å². The Labute approximate surface area is 114 Å². The minimum atomic E-state index is -1.10. The third kappa shape index (κ3) is 3.12. The number of rotatable bonds is 3. The van der Waals surface area contributed by atoms with Gasteiger partial charge in [0.25, 0.3) is 0 Å². The van der Waals surface area contributed by atoms with Crippen molar-refractivity contribution in [1.82, 2.24) is 0 Å². The van der Waals surface area contributed by atoms with E-state index in [1.165, 1.54) is 0 Å². The summed E-state index contributed by atoms with van der Waals surface area (Å²) < 4.78 is 12.2. The van der Waals surface area contributed by atoms with Gasteiger partial charge in [-0.05, 0) is 48.4 Å². The van der Waals surface area contributed by atoms with E-state index in [1.807, 2.05) is 31.2 Å². The highest BCUT2D eigenvalue weighted by atomic mass is 35.5. The average molecular weight is 280 g/mol. The summed E-state index contributed by atoms with van der Waals surface area (Å²) in [4.78, 5) is 0.813. The normalized spacial score (nSPS) is 12.3. The van der Waals surface area contributed by atoms with Crippen molar-refractivity contribution >= 4 is 28.1 Å². The molecule has 4 heteroatoms. The molecule has 0 amide bonds. The van der Waals surface area contributed by atoms with Crippen LogP contribution in [0.15, 0.2) is 47.4 Å². The summed E-state index contributed by atoms with van der Waals surface area (Å²) >= 11 is 6.07. The quantitative estimate of drug-likeness (QED) is 0.874. The van der Waals surface area contributed by atoms with Crippen molar-refractivity contribution in [2.45, 2.75) is 17.6 Å². The first-order valence-electron chi connectivity index (χ1n) is 5.55. The van der Waals surface area contributed by atoms with Crippen LogP contribution >= 0.6 is 11.6 Å². The van der Waals surface area contributed by atoms with Crippen molar-refractivity contribution in [3.63, 3.8) is 0 Å². The van der Waals surface area contributed by atoms with Crippen LogP contribution in [0.5, 0.6) is 0 Å². The molecular weight excluding hydrogens is 266 g/mol. The number of benzene rings is 2. The molecule has 0 saturated heterocycles. The van der Waals surface area contributed by atoms with Gasteiger partial charge >= 0.3 is 0 Å². The lowest BCUT2D eigenvalue weighted by molar-refractivity contribution is 0.682. The Kier molecular flexibility index (Phi) is 4.04. The molecule has 2 aromatic carbocycles. The second-order valence-corrected chi connectivity index (χ2v) is 6.02. The van der Waals surface area contributed by atoms with Crippen molar-refractivity contribution in [2.24, 2.45) is 0 Å². The van der Waals surface area contributed by atoms with Gasteiger partial charge in [-0.1, -0.05) is 23.7 Å². The summed E-state index contributed by atoms with van der Waals surface area (Å²) in [5, 5.41) is 0.602. The average Bonchev–Trinajstić information content (AvgIpc) is 2.34. The van der Waals surface area contributed by atoms with Crippen molar-refractivity contribution in [3.05, 3.63) is 58.6 Å². The smallest absolute Gasteiger partial charge is 0.0574 e. The zero-order valence-corrected chi connectivity index (χ0v) is 11.6. The molecule has 2 nitrogen and oxygen atoms in total. The van der Waals surface area contributed by atoms with E-state index in [9.17, 15) is 4.21 Å². The maximum Gasteiger partial charge on any atom is 0.0574 e. The molecular formula is C14H14ClNOS. The molecule has 1 unspecified atom stereocenters. The Balaban J connectivity index is 2.24. The fraction of sp³-hybridized carbons (Fsp3) is 0.143. The third-order valence-corrected chi connectivity index (χ3v) is 4.33. The Hall–Kier alpha value is -1.32. The molecule has 2 N–H and O–H groups in total. The predicted molar refractivity (Wildman–Crippen MR) is 77.2 cm³/mol. The van der Waals surface area contributed by atoms with Crippen LogP contribution in [0, 0.1) is 6.92 Å².